The molecule has 0 spiro atoms. The number of pyridine rings is 1. The van der Waals surface area contributed by atoms with Gasteiger partial charge in [-0.05, 0) is 43.2 Å². The first-order valence-electron chi connectivity index (χ1n) is 6.75. The number of hydrogen-bond donors (Lipinski definition) is 2. The molecule has 2 N–H and O–H groups in total. The fraction of sp³-hybridized carbons (Fsp3) is 0.600. The van der Waals surface area contributed by atoms with E-state index in [0.29, 0.717) is 23.3 Å². The summed E-state index contributed by atoms with van der Waals surface area (Å²) in [5, 5.41) is 22.4. The van der Waals surface area contributed by atoms with Gasteiger partial charge in [-0.15, -0.1) is 0 Å². The Hall–Kier alpha value is -1.60. The van der Waals surface area contributed by atoms with Crippen molar-refractivity contribution in [2.75, 3.05) is 11.9 Å². The van der Waals surface area contributed by atoms with Gasteiger partial charge in [0.25, 0.3) is 0 Å². The second kappa shape index (κ2) is 5.18. The van der Waals surface area contributed by atoms with Crippen LogP contribution in [-0.4, -0.2) is 22.2 Å². The average Bonchev–Trinajstić information content (AvgIpc) is 2.41. The van der Waals surface area contributed by atoms with E-state index in [-0.39, 0.29) is 0 Å². The molecule has 0 unspecified atom stereocenters. The van der Waals surface area contributed by atoms with Gasteiger partial charge in [0, 0.05) is 12.7 Å². The molecule has 1 aliphatic rings. The molecule has 0 bridgehead atoms. The van der Waals surface area contributed by atoms with E-state index in [1.165, 1.54) is 6.20 Å². The summed E-state index contributed by atoms with van der Waals surface area (Å²) in [7, 11) is 0. The smallest absolute Gasteiger partial charge is 0.126 e. The van der Waals surface area contributed by atoms with E-state index in [2.05, 4.69) is 24.1 Å². The van der Waals surface area contributed by atoms with E-state index in [1.54, 1.807) is 12.1 Å². The van der Waals surface area contributed by atoms with Gasteiger partial charge in [-0.1, -0.05) is 13.8 Å². The lowest BCUT2D eigenvalue weighted by atomic mass is 9.71. The molecule has 1 aromatic heterocycles. The molecule has 0 aliphatic heterocycles. The van der Waals surface area contributed by atoms with E-state index in [9.17, 15) is 5.11 Å². The van der Waals surface area contributed by atoms with Crippen molar-refractivity contribution in [1.82, 2.24) is 4.98 Å². The molecule has 4 heteroatoms. The lowest BCUT2D eigenvalue weighted by Gasteiger charge is -2.40. The zero-order valence-corrected chi connectivity index (χ0v) is 11.6. The Labute approximate surface area is 114 Å². The molecule has 0 amide bonds. The highest BCUT2D eigenvalue weighted by Crippen LogP contribution is 2.40. The van der Waals surface area contributed by atoms with Crippen LogP contribution in [-0.2, 0) is 0 Å². The van der Waals surface area contributed by atoms with Gasteiger partial charge in [0.05, 0.1) is 11.2 Å². The number of rotatable bonds is 3. The van der Waals surface area contributed by atoms with Crippen LogP contribution in [0.5, 0.6) is 0 Å². The van der Waals surface area contributed by atoms with Gasteiger partial charge in [-0.2, -0.15) is 5.26 Å². The number of hydrogen-bond acceptors (Lipinski definition) is 4. The molecule has 102 valence electrons. The van der Waals surface area contributed by atoms with Crippen molar-refractivity contribution >= 4 is 5.82 Å². The van der Waals surface area contributed by atoms with Crippen molar-refractivity contribution in [1.29, 1.82) is 5.26 Å². The minimum atomic E-state index is -0.634. The van der Waals surface area contributed by atoms with Crippen LogP contribution < -0.4 is 5.32 Å². The molecular weight excluding hydrogens is 238 g/mol. The van der Waals surface area contributed by atoms with Gasteiger partial charge >= 0.3 is 0 Å². The zero-order valence-electron chi connectivity index (χ0n) is 11.6. The second-order valence-electron chi connectivity index (χ2n) is 6.29. The number of nitrogens with one attached hydrogen (secondary N) is 1. The van der Waals surface area contributed by atoms with E-state index < -0.39 is 5.60 Å². The van der Waals surface area contributed by atoms with Crippen molar-refractivity contribution in [3.8, 4) is 6.07 Å². The molecule has 0 saturated heterocycles. The number of nitriles is 1. The number of aliphatic hydroxyl groups is 1. The Balaban J connectivity index is 1.89. The zero-order chi connectivity index (χ0) is 13.9. The van der Waals surface area contributed by atoms with Crippen LogP contribution in [0.1, 0.15) is 45.1 Å². The predicted octanol–water partition coefficient (Wildman–Crippen LogP) is 2.70. The van der Waals surface area contributed by atoms with Gasteiger partial charge in [0.15, 0.2) is 0 Å². The van der Waals surface area contributed by atoms with Crippen LogP contribution in [0.4, 0.5) is 5.82 Å². The minimum Gasteiger partial charge on any atom is -0.388 e. The van der Waals surface area contributed by atoms with Crippen LogP contribution in [0.3, 0.4) is 0 Å². The Morgan fingerprint density at radius 1 is 1.32 bits per heavy atom. The SMILES string of the molecule is CC1(C)CCC(O)(CNc2ccc(C#N)cn2)CC1. The highest BCUT2D eigenvalue weighted by molar-refractivity contribution is 5.39. The van der Waals surface area contributed by atoms with Crippen LogP contribution in [0.2, 0.25) is 0 Å². The topological polar surface area (TPSA) is 68.9 Å². The van der Waals surface area contributed by atoms with Crippen LogP contribution in [0.25, 0.3) is 0 Å². The number of nitrogens with zero attached hydrogens (tertiary/aromatic N) is 2. The Bertz CT molecular complexity index is 463. The van der Waals surface area contributed by atoms with Gasteiger partial charge < -0.3 is 10.4 Å². The lowest BCUT2D eigenvalue weighted by molar-refractivity contribution is -0.0145. The molecule has 19 heavy (non-hydrogen) atoms. The third-order valence-corrected chi connectivity index (χ3v) is 4.03. The monoisotopic (exact) mass is 259 g/mol. The normalized spacial score (nSPS) is 20.5. The lowest BCUT2D eigenvalue weighted by Crippen LogP contribution is -2.42. The Morgan fingerprint density at radius 3 is 2.53 bits per heavy atom. The molecule has 2 rings (SSSR count). The molecule has 1 aliphatic carbocycles. The molecule has 1 aromatic rings. The first-order chi connectivity index (χ1) is 8.92. The summed E-state index contributed by atoms with van der Waals surface area (Å²) in [6.45, 7) is 5.02. The molecule has 0 atom stereocenters. The molecular formula is C15H21N3O. The average molecular weight is 259 g/mol. The summed E-state index contributed by atoms with van der Waals surface area (Å²) in [5.41, 5.74) is 0.257. The summed E-state index contributed by atoms with van der Waals surface area (Å²) in [6, 6.07) is 5.53. The summed E-state index contributed by atoms with van der Waals surface area (Å²) >= 11 is 0. The van der Waals surface area contributed by atoms with Crippen molar-refractivity contribution in [3.05, 3.63) is 23.9 Å². The third kappa shape index (κ3) is 3.68. The standard InChI is InChI=1S/C15H21N3O/c1-14(2)5-7-15(19,8-6-14)11-18-13-4-3-12(9-16)10-17-13/h3-4,10,19H,5-8,11H2,1-2H3,(H,17,18). The molecule has 0 aromatic carbocycles. The molecule has 0 radical (unpaired) electrons. The van der Waals surface area contributed by atoms with E-state index in [4.69, 9.17) is 5.26 Å². The van der Waals surface area contributed by atoms with Crippen molar-refractivity contribution in [2.24, 2.45) is 5.41 Å². The first-order valence-corrected chi connectivity index (χ1v) is 6.75. The third-order valence-electron chi connectivity index (χ3n) is 4.03. The highest BCUT2D eigenvalue weighted by atomic mass is 16.3. The highest BCUT2D eigenvalue weighted by Gasteiger charge is 2.36. The molecule has 1 heterocycles. The van der Waals surface area contributed by atoms with Gasteiger partial charge in [0.1, 0.15) is 11.9 Å². The minimum absolute atomic E-state index is 0.346. The fourth-order valence-electron chi connectivity index (χ4n) is 2.39. The molecule has 1 fully saturated rings. The van der Waals surface area contributed by atoms with Gasteiger partial charge in [0.2, 0.25) is 0 Å². The van der Waals surface area contributed by atoms with Gasteiger partial charge in [-0.25, -0.2) is 4.98 Å². The fourth-order valence-corrected chi connectivity index (χ4v) is 2.39. The predicted molar refractivity (Wildman–Crippen MR) is 74.6 cm³/mol. The Kier molecular flexibility index (Phi) is 3.77. The quantitative estimate of drug-likeness (QED) is 0.875. The van der Waals surface area contributed by atoms with Gasteiger partial charge in [-0.3, -0.25) is 0 Å². The van der Waals surface area contributed by atoms with Crippen LogP contribution in [0, 0.1) is 16.7 Å². The number of anilines is 1. The number of aromatic nitrogens is 1. The maximum absolute atomic E-state index is 10.5. The summed E-state index contributed by atoms with van der Waals surface area (Å²) < 4.78 is 0. The Morgan fingerprint density at radius 2 is 2.00 bits per heavy atom. The summed E-state index contributed by atoms with van der Waals surface area (Å²) in [5.74, 6) is 0.706. The van der Waals surface area contributed by atoms with Crippen molar-refractivity contribution in [3.63, 3.8) is 0 Å². The van der Waals surface area contributed by atoms with Crippen molar-refractivity contribution < 1.29 is 5.11 Å². The maximum atomic E-state index is 10.5. The summed E-state index contributed by atoms with van der Waals surface area (Å²) in [6.07, 6.45) is 5.28. The molecule has 1 saturated carbocycles. The van der Waals surface area contributed by atoms with E-state index >= 15 is 0 Å². The summed E-state index contributed by atoms with van der Waals surface area (Å²) in [4.78, 5) is 4.15. The largest absolute Gasteiger partial charge is 0.388 e. The van der Waals surface area contributed by atoms with E-state index in [0.717, 1.165) is 25.7 Å². The van der Waals surface area contributed by atoms with Crippen LogP contribution >= 0.6 is 0 Å². The second-order valence-corrected chi connectivity index (χ2v) is 6.29. The van der Waals surface area contributed by atoms with E-state index in [1.807, 2.05) is 6.07 Å². The van der Waals surface area contributed by atoms with Crippen LogP contribution in [0.15, 0.2) is 18.3 Å². The first kappa shape index (κ1) is 13.8. The maximum Gasteiger partial charge on any atom is 0.126 e. The molecule has 4 nitrogen and oxygen atoms in total. The van der Waals surface area contributed by atoms with Crippen molar-refractivity contribution in [2.45, 2.75) is 45.1 Å².